The highest BCUT2D eigenvalue weighted by Crippen LogP contribution is 2.38. The van der Waals surface area contributed by atoms with Gasteiger partial charge in [-0.25, -0.2) is 4.42 Å². The number of hydrogen-bond acceptors (Lipinski definition) is 3. The van der Waals surface area contributed by atoms with Gasteiger partial charge < -0.3 is 4.74 Å². The summed E-state index contributed by atoms with van der Waals surface area (Å²) in [6, 6.07) is 0.307. The predicted octanol–water partition coefficient (Wildman–Crippen LogP) is 3.92. The van der Waals surface area contributed by atoms with Crippen LogP contribution in [0.15, 0.2) is 12.7 Å². The zero-order valence-corrected chi connectivity index (χ0v) is 13.5. The predicted molar refractivity (Wildman–Crippen MR) is 78.9 cm³/mol. The Hall–Kier alpha value is -0.540. The second kappa shape index (κ2) is 5.84. The van der Waals surface area contributed by atoms with Crippen molar-refractivity contribution in [3.63, 3.8) is 0 Å². The van der Waals surface area contributed by atoms with Gasteiger partial charge in [0.05, 0.1) is 5.41 Å². The average Bonchev–Trinajstić information content (AvgIpc) is 2.35. The molecule has 1 heterocycles. The van der Waals surface area contributed by atoms with E-state index in [9.17, 15) is 4.79 Å². The Morgan fingerprint density at radius 2 is 1.95 bits per heavy atom. The number of ether oxygens (including phenoxy) is 1. The minimum Gasteiger partial charge on any atom is -0.454 e. The van der Waals surface area contributed by atoms with E-state index < -0.39 is 11.0 Å². The minimum atomic E-state index is -0.590. The monoisotopic (exact) mass is 287 g/mol. The smallest absolute Gasteiger partial charge is 0.312 e. The fourth-order valence-corrected chi connectivity index (χ4v) is 2.59. The summed E-state index contributed by atoms with van der Waals surface area (Å²) in [5, 5.41) is 0. The Labute approximate surface area is 122 Å². The molecular weight excluding hydrogens is 262 g/mol. The van der Waals surface area contributed by atoms with Gasteiger partial charge in [-0.05, 0) is 52.0 Å². The van der Waals surface area contributed by atoms with Gasteiger partial charge in [-0.3, -0.25) is 4.79 Å². The first-order valence-electron chi connectivity index (χ1n) is 6.98. The van der Waals surface area contributed by atoms with E-state index in [1.165, 1.54) is 0 Å². The van der Waals surface area contributed by atoms with Gasteiger partial charge in [0.1, 0.15) is 5.60 Å². The van der Waals surface area contributed by atoms with Crippen molar-refractivity contribution in [2.24, 2.45) is 5.41 Å². The molecule has 0 aromatic carbocycles. The largest absolute Gasteiger partial charge is 0.454 e. The van der Waals surface area contributed by atoms with Crippen LogP contribution in [0.4, 0.5) is 0 Å². The zero-order chi connectivity index (χ0) is 14.8. The number of carbonyl (C=O) groups is 1. The van der Waals surface area contributed by atoms with E-state index in [0.717, 1.165) is 6.42 Å². The normalized spacial score (nSPS) is 32.9. The Morgan fingerprint density at radius 3 is 2.32 bits per heavy atom. The molecule has 0 amide bonds. The molecular formula is C15H26ClNO2. The van der Waals surface area contributed by atoms with E-state index in [1.54, 1.807) is 10.5 Å². The highest BCUT2D eigenvalue weighted by atomic mass is 35.5. The van der Waals surface area contributed by atoms with Crippen LogP contribution in [0, 0.1) is 5.41 Å². The molecule has 0 spiro atoms. The van der Waals surface area contributed by atoms with E-state index in [2.05, 4.69) is 6.58 Å². The molecule has 0 N–H and O–H groups in total. The fourth-order valence-electron chi connectivity index (χ4n) is 2.45. The third-order valence-corrected chi connectivity index (χ3v) is 4.89. The van der Waals surface area contributed by atoms with Crippen molar-refractivity contribution < 1.29 is 9.53 Å². The molecule has 1 saturated heterocycles. The summed E-state index contributed by atoms with van der Waals surface area (Å²) >= 11 is 6.21. The lowest BCUT2D eigenvalue weighted by molar-refractivity contribution is -0.171. The number of rotatable bonds is 4. The lowest BCUT2D eigenvalue weighted by atomic mass is 9.83. The third kappa shape index (κ3) is 3.51. The highest BCUT2D eigenvalue weighted by molar-refractivity contribution is 6.13. The third-order valence-electron chi connectivity index (χ3n) is 4.23. The van der Waals surface area contributed by atoms with Gasteiger partial charge >= 0.3 is 5.97 Å². The first kappa shape index (κ1) is 16.5. The molecule has 1 aliphatic rings. The molecule has 0 aromatic rings. The SMILES string of the molecule is C=CC1(OC(=O)C(C)(C)CC)CC(C)N(Cl)C(C)C1. The molecule has 19 heavy (non-hydrogen) atoms. The van der Waals surface area contributed by atoms with Crippen LogP contribution in [0.1, 0.15) is 53.9 Å². The maximum absolute atomic E-state index is 12.3. The number of carbonyl (C=O) groups excluding carboxylic acids is 1. The molecule has 0 saturated carbocycles. The van der Waals surface area contributed by atoms with E-state index >= 15 is 0 Å². The van der Waals surface area contributed by atoms with Crippen LogP contribution in [0.5, 0.6) is 0 Å². The molecule has 1 aliphatic heterocycles. The second-order valence-electron chi connectivity index (χ2n) is 6.35. The quantitative estimate of drug-likeness (QED) is 0.446. The standard InChI is InChI=1S/C15H26ClNO2/c1-7-14(5,6)13(18)19-15(8-2)9-11(3)17(16)12(4)10-15/h8,11-12H,2,7,9-10H2,1,3-6H3. The number of piperidine rings is 1. The molecule has 0 radical (unpaired) electrons. The van der Waals surface area contributed by atoms with E-state index in [1.807, 2.05) is 34.6 Å². The summed E-state index contributed by atoms with van der Waals surface area (Å²) in [5.41, 5.74) is -1.05. The van der Waals surface area contributed by atoms with Gasteiger partial charge in [-0.15, -0.1) is 0 Å². The topological polar surface area (TPSA) is 29.5 Å². The zero-order valence-electron chi connectivity index (χ0n) is 12.7. The van der Waals surface area contributed by atoms with Crippen molar-refractivity contribution in [3.05, 3.63) is 12.7 Å². The van der Waals surface area contributed by atoms with Crippen LogP contribution in [0.2, 0.25) is 0 Å². The van der Waals surface area contributed by atoms with Crippen molar-refractivity contribution in [2.75, 3.05) is 0 Å². The van der Waals surface area contributed by atoms with Crippen LogP contribution < -0.4 is 0 Å². The fraction of sp³-hybridized carbons (Fsp3) is 0.800. The molecule has 4 heteroatoms. The van der Waals surface area contributed by atoms with Crippen molar-refractivity contribution in [1.82, 2.24) is 4.42 Å². The molecule has 0 aromatic heterocycles. The molecule has 3 nitrogen and oxygen atoms in total. The van der Waals surface area contributed by atoms with E-state index in [0.29, 0.717) is 12.8 Å². The Kier molecular flexibility index (Phi) is 5.08. The lowest BCUT2D eigenvalue weighted by Gasteiger charge is -2.45. The molecule has 2 atom stereocenters. The van der Waals surface area contributed by atoms with Crippen LogP contribution >= 0.6 is 11.8 Å². The van der Waals surface area contributed by atoms with Crippen LogP contribution in [-0.2, 0) is 9.53 Å². The van der Waals surface area contributed by atoms with Crippen LogP contribution in [0.25, 0.3) is 0 Å². The maximum atomic E-state index is 12.3. The van der Waals surface area contributed by atoms with Crippen LogP contribution in [-0.4, -0.2) is 28.1 Å². The summed E-state index contributed by atoms with van der Waals surface area (Å²) in [7, 11) is 0. The second-order valence-corrected chi connectivity index (χ2v) is 6.74. The number of nitrogens with zero attached hydrogens (tertiary/aromatic N) is 1. The Bertz CT molecular complexity index is 342. The molecule has 2 unspecified atom stereocenters. The summed E-state index contributed by atoms with van der Waals surface area (Å²) in [5.74, 6) is -0.155. The van der Waals surface area contributed by atoms with Gasteiger partial charge in [-0.1, -0.05) is 13.5 Å². The highest BCUT2D eigenvalue weighted by Gasteiger charge is 2.44. The summed E-state index contributed by atoms with van der Waals surface area (Å²) in [6.45, 7) is 13.8. The van der Waals surface area contributed by atoms with Gasteiger partial charge in [0.15, 0.2) is 0 Å². The molecule has 1 fully saturated rings. The van der Waals surface area contributed by atoms with Crippen molar-refractivity contribution in [2.45, 2.75) is 71.6 Å². The molecule has 0 aliphatic carbocycles. The van der Waals surface area contributed by atoms with Crippen molar-refractivity contribution in [3.8, 4) is 0 Å². The Morgan fingerprint density at radius 1 is 1.47 bits per heavy atom. The van der Waals surface area contributed by atoms with Crippen molar-refractivity contribution >= 4 is 17.7 Å². The minimum absolute atomic E-state index is 0.154. The maximum Gasteiger partial charge on any atom is 0.312 e. The molecule has 110 valence electrons. The van der Waals surface area contributed by atoms with Gasteiger partial charge in [0.25, 0.3) is 0 Å². The first-order valence-corrected chi connectivity index (χ1v) is 7.32. The van der Waals surface area contributed by atoms with Gasteiger partial charge in [-0.2, -0.15) is 0 Å². The van der Waals surface area contributed by atoms with Crippen LogP contribution in [0.3, 0.4) is 0 Å². The Balaban J connectivity index is 2.88. The number of hydrogen-bond donors (Lipinski definition) is 0. The van der Waals surface area contributed by atoms with Crippen molar-refractivity contribution in [1.29, 1.82) is 0 Å². The van der Waals surface area contributed by atoms with E-state index in [-0.39, 0.29) is 18.1 Å². The summed E-state index contributed by atoms with van der Waals surface area (Å²) < 4.78 is 7.64. The summed E-state index contributed by atoms with van der Waals surface area (Å²) in [6.07, 6.45) is 3.91. The van der Waals surface area contributed by atoms with Gasteiger partial charge in [0, 0.05) is 24.9 Å². The number of halogens is 1. The lowest BCUT2D eigenvalue weighted by Crippen LogP contribution is -2.52. The first-order chi connectivity index (χ1) is 8.67. The molecule has 1 rings (SSSR count). The number of esters is 1. The average molecular weight is 288 g/mol. The van der Waals surface area contributed by atoms with Gasteiger partial charge in [0.2, 0.25) is 0 Å². The van der Waals surface area contributed by atoms with E-state index in [4.69, 9.17) is 16.5 Å². The molecule has 0 bridgehead atoms. The summed E-state index contributed by atoms with van der Waals surface area (Å²) in [4.78, 5) is 12.3.